The van der Waals surface area contributed by atoms with Gasteiger partial charge in [-0.1, -0.05) is 12.1 Å². The van der Waals surface area contributed by atoms with E-state index in [4.69, 9.17) is 0 Å². The van der Waals surface area contributed by atoms with Crippen LogP contribution in [0.15, 0.2) is 24.3 Å². The van der Waals surface area contributed by atoms with Gasteiger partial charge in [-0.25, -0.2) is 4.39 Å². The van der Waals surface area contributed by atoms with Gasteiger partial charge in [0.05, 0.1) is 13.2 Å². The van der Waals surface area contributed by atoms with Crippen molar-refractivity contribution in [2.75, 3.05) is 26.7 Å². The maximum Gasteiger partial charge on any atom is 0.305 e. The molecular weight excluding hydrogens is 347 g/mol. The molecule has 1 aromatic carbocycles. The minimum Gasteiger partial charge on any atom is -0.469 e. The molecule has 0 bridgehead atoms. The van der Waals surface area contributed by atoms with E-state index in [1.807, 2.05) is 11.0 Å². The first-order valence-corrected chi connectivity index (χ1v) is 8.42. The number of fused-ring (bicyclic) bond motifs is 1. The van der Waals surface area contributed by atoms with Gasteiger partial charge in [-0.3, -0.25) is 9.59 Å². The van der Waals surface area contributed by atoms with E-state index in [0.717, 1.165) is 18.7 Å². The number of benzene rings is 1. The zero-order valence-electron chi connectivity index (χ0n) is 14.2. The van der Waals surface area contributed by atoms with Crippen molar-refractivity contribution in [1.29, 1.82) is 0 Å². The van der Waals surface area contributed by atoms with E-state index in [-0.39, 0.29) is 42.6 Å². The third kappa shape index (κ3) is 4.30. The molecule has 25 heavy (non-hydrogen) atoms. The van der Waals surface area contributed by atoms with E-state index in [1.54, 1.807) is 6.07 Å². The van der Waals surface area contributed by atoms with E-state index in [0.29, 0.717) is 31.2 Å². The van der Waals surface area contributed by atoms with Crippen molar-refractivity contribution in [3.05, 3.63) is 35.6 Å². The first-order valence-electron chi connectivity index (χ1n) is 8.42. The number of methoxy groups -OCH3 is 1. The second kappa shape index (κ2) is 8.63. The number of halogens is 2. The third-order valence-electron chi connectivity index (χ3n) is 5.07. The lowest BCUT2D eigenvalue weighted by Crippen LogP contribution is -2.34. The van der Waals surface area contributed by atoms with Crippen LogP contribution in [0, 0.1) is 17.7 Å². The number of hydrogen-bond donors (Lipinski definition) is 1. The van der Waals surface area contributed by atoms with Crippen LogP contribution in [-0.4, -0.2) is 43.5 Å². The highest BCUT2D eigenvalue weighted by Gasteiger charge is 2.46. The molecule has 0 unspecified atom stereocenters. The van der Waals surface area contributed by atoms with Gasteiger partial charge in [0.15, 0.2) is 0 Å². The highest BCUT2D eigenvalue weighted by atomic mass is 35.5. The lowest BCUT2D eigenvalue weighted by Gasteiger charge is -2.28. The fraction of sp³-hybridized carbons (Fsp3) is 0.556. The summed E-state index contributed by atoms with van der Waals surface area (Å²) < 4.78 is 18.3. The summed E-state index contributed by atoms with van der Waals surface area (Å²) in [6.07, 6.45) is 1.04. The Hall–Kier alpha value is -1.66. The summed E-state index contributed by atoms with van der Waals surface area (Å²) in [7, 11) is 1.35. The normalized spacial score (nSPS) is 24.6. The van der Waals surface area contributed by atoms with E-state index in [1.165, 1.54) is 19.2 Å². The molecule has 5 nitrogen and oxygen atoms in total. The zero-order valence-corrected chi connectivity index (χ0v) is 15.1. The Morgan fingerprint density at radius 3 is 2.84 bits per heavy atom. The Bertz CT molecular complexity index is 628. The van der Waals surface area contributed by atoms with Gasteiger partial charge < -0.3 is 15.0 Å². The van der Waals surface area contributed by atoms with Crippen molar-refractivity contribution in [2.45, 2.75) is 25.3 Å². The monoisotopic (exact) mass is 370 g/mol. The van der Waals surface area contributed by atoms with Gasteiger partial charge >= 0.3 is 5.97 Å². The molecule has 3 rings (SSSR count). The van der Waals surface area contributed by atoms with Crippen molar-refractivity contribution >= 4 is 24.3 Å². The number of likely N-dealkylation sites (tertiary alicyclic amines) is 1. The topological polar surface area (TPSA) is 58.6 Å². The van der Waals surface area contributed by atoms with Gasteiger partial charge in [0.25, 0.3) is 0 Å². The summed E-state index contributed by atoms with van der Waals surface area (Å²) in [6, 6.07) is 6.45. The molecule has 7 heteroatoms. The van der Waals surface area contributed by atoms with Crippen LogP contribution in [0.5, 0.6) is 0 Å². The van der Waals surface area contributed by atoms with Gasteiger partial charge in [0, 0.05) is 38.4 Å². The van der Waals surface area contributed by atoms with Crippen LogP contribution in [-0.2, 0) is 14.3 Å². The summed E-state index contributed by atoms with van der Waals surface area (Å²) in [5, 5.41) is 3.37. The average Bonchev–Trinajstić information content (AvgIpc) is 3.15. The number of hydrogen-bond acceptors (Lipinski definition) is 4. The summed E-state index contributed by atoms with van der Waals surface area (Å²) in [5.41, 5.74) is 0.854. The summed E-state index contributed by atoms with van der Waals surface area (Å²) in [4.78, 5) is 25.8. The number of nitrogens with one attached hydrogen (secondary N) is 1. The average molecular weight is 371 g/mol. The number of carbonyl (C=O) groups is 2. The predicted octanol–water partition coefficient (Wildman–Crippen LogP) is 2.31. The van der Waals surface area contributed by atoms with Gasteiger partial charge in [-0.15, -0.1) is 12.4 Å². The lowest BCUT2D eigenvalue weighted by molar-refractivity contribution is -0.141. The van der Waals surface area contributed by atoms with Crippen LogP contribution < -0.4 is 5.32 Å². The largest absolute Gasteiger partial charge is 0.469 e. The number of rotatable bonds is 5. The number of ether oxygens (including phenoxy) is 1. The minimum atomic E-state index is -0.299. The van der Waals surface area contributed by atoms with Crippen LogP contribution in [0.1, 0.15) is 30.9 Å². The van der Waals surface area contributed by atoms with Gasteiger partial charge in [-0.2, -0.15) is 0 Å². The standard InChI is InChI=1S/C18H23FN2O3.ClH/c1-24-17(23)7-3-6-16(22)21-11-13-9-20-10-15(13)18(21)12-4-2-5-14(19)8-12;/h2,4-5,8,13,15,18,20H,3,6-7,9-11H2,1H3;1H/t13-,15-,18-;/m0./s1. The summed E-state index contributed by atoms with van der Waals surface area (Å²) >= 11 is 0. The fourth-order valence-corrected chi connectivity index (χ4v) is 3.92. The molecule has 0 spiro atoms. The molecule has 2 aliphatic rings. The highest BCUT2D eigenvalue weighted by molar-refractivity contribution is 5.85. The Kier molecular flexibility index (Phi) is 6.79. The molecule has 2 aliphatic heterocycles. The van der Waals surface area contributed by atoms with E-state index in [2.05, 4.69) is 10.1 Å². The molecule has 0 saturated carbocycles. The van der Waals surface area contributed by atoms with Crippen LogP contribution >= 0.6 is 12.4 Å². The van der Waals surface area contributed by atoms with Crippen LogP contribution in [0.3, 0.4) is 0 Å². The van der Waals surface area contributed by atoms with E-state index >= 15 is 0 Å². The Morgan fingerprint density at radius 1 is 1.32 bits per heavy atom. The Labute approximate surface area is 153 Å². The van der Waals surface area contributed by atoms with Gasteiger partial charge in [-0.05, 0) is 30.0 Å². The Balaban J connectivity index is 0.00000225. The van der Waals surface area contributed by atoms with E-state index < -0.39 is 0 Å². The molecule has 0 aliphatic carbocycles. The lowest BCUT2D eigenvalue weighted by atomic mass is 9.89. The fourth-order valence-electron chi connectivity index (χ4n) is 3.92. The highest BCUT2D eigenvalue weighted by Crippen LogP contribution is 2.43. The number of carbonyl (C=O) groups excluding carboxylic acids is 2. The molecule has 138 valence electrons. The second-order valence-electron chi connectivity index (χ2n) is 6.56. The van der Waals surface area contributed by atoms with Gasteiger partial charge in [0.1, 0.15) is 5.82 Å². The minimum absolute atomic E-state index is 0. The quantitative estimate of drug-likeness (QED) is 0.808. The first kappa shape index (κ1) is 19.7. The number of esters is 1. The van der Waals surface area contributed by atoms with Gasteiger partial charge in [0.2, 0.25) is 5.91 Å². The molecule has 0 radical (unpaired) electrons. The predicted molar refractivity (Wildman–Crippen MR) is 93.8 cm³/mol. The molecule has 1 aromatic rings. The maximum absolute atomic E-state index is 13.7. The molecular formula is C18H24ClFN2O3. The molecule has 0 aromatic heterocycles. The molecule has 2 saturated heterocycles. The maximum atomic E-state index is 13.7. The number of nitrogens with zero attached hydrogens (tertiary/aromatic N) is 1. The molecule has 1 N–H and O–H groups in total. The van der Waals surface area contributed by atoms with Crippen molar-refractivity contribution in [1.82, 2.24) is 10.2 Å². The number of amides is 1. The molecule has 2 fully saturated rings. The molecule has 2 heterocycles. The SMILES string of the molecule is COC(=O)CCCC(=O)N1C[C@@H]2CNC[C@@H]2[C@@H]1c1cccc(F)c1.Cl. The molecule has 3 atom stereocenters. The first-order chi connectivity index (χ1) is 11.6. The Morgan fingerprint density at radius 2 is 2.12 bits per heavy atom. The summed E-state index contributed by atoms with van der Waals surface area (Å²) in [5.74, 6) is 0.175. The smallest absolute Gasteiger partial charge is 0.305 e. The van der Waals surface area contributed by atoms with Crippen LogP contribution in [0.25, 0.3) is 0 Å². The zero-order chi connectivity index (χ0) is 17.1. The van der Waals surface area contributed by atoms with E-state index in [9.17, 15) is 14.0 Å². The third-order valence-corrected chi connectivity index (χ3v) is 5.07. The van der Waals surface area contributed by atoms with Crippen molar-refractivity contribution < 1.29 is 18.7 Å². The van der Waals surface area contributed by atoms with Crippen molar-refractivity contribution in [2.24, 2.45) is 11.8 Å². The molecule has 1 amide bonds. The van der Waals surface area contributed by atoms with Crippen molar-refractivity contribution in [3.63, 3.8) is 0 Å². The van der Waals surface area contributed by atoms with Crippen LogP contribution in [0.4, 0.5) is 4.39 Å². The second-order valence-corrected chi connectivity index (χ2v) is 6.56. The summed E-state index contributed by atoms with van der Waals surface area (Å²) in [6.45, 7) is 2.43. The van der Waals surface area contributed by atoms with Crippen molar-refractivity contribution in [3.8, 4) is 0 Å². The van der Waals surface area contributed by atoms with Crippen LogP contribution in [0.2, 0.25) is 0 Å².